The van der Waals surface area contributed by atoms with Gasteiger partial charge in [-0.2, -0.15) is 0 Å². The Morgan fingerprint density at radius 2 is 1.64 bits per heavy atom. The normalized spacial score (nSPS) is 12.5. The van der Waals surface area contributed by atoms with Crippen molar-refractivity contribution in [1.29, 1.82) is 0 Å². The molecule has 0 spiro atoms. The molecule has 1 N–H and O–H groups in total. The molecule has 68 valence electrons. The van der Waals surface area contributed by atoms with E-state index in [1.54, 1.807) is 13.8 Å². The Morgan fingerprint density at radius 1 is 1.18 bits per heavy atom. The first-order chi connectivity index (χ1) is 5.13. The highest BCUT2D eigenvalue weighted by molar-refractivity contribution is 4.87. The Hall–Kier alpha value is -0.180. The summed E-state index contributed by atoms with van der Waals surface area (Å²) in [7, 11) is 0. The Bertz CT molecular complexity index is 100. The molecule has 0 radical (unpaired) electrons. The van der Waals surface area contributed by atoms with E-state index in [4.69, 9.17) is 0 Å². The van der Waals surface area contributed by atoms with Gasteiger partial charge >= 0.3 is 0 Å². The van der Waals surface area contributed by atoms with Gasteiger partial charge in [0.1, 0.15) is 0 Å². The van der Waals surface area contributed by atoms with Gasteiger partial charge in [-0.25, -0.2) is 8.78 Å². The average molecular weight is 165 g/mol. The van der Waals surface area contributed by atoms with Crippen molar-refractivity contribution in [3.05, 3.63) is 0 Å². The molecule has 0 aliphatic carbocycles. The van der Waals surface area contributed by atoms with Gasteiger partial charge in [0.2, 0.25) is 0 Å². The van der Waals surface area contributed by atoms with E-state index in [0.29, 0.717) is 19.4 Å². The highest BCUT2D eigenvalue weighted by Gasteiger charge is 2.35. The average Bonchev–Trinajstić information content (AvgIpc) is 2.00. The Morgan fingerprint density at radius 3 is 1.73 bits per heavy atom. The molecule has 11 heavy (non-hydrogen) atoms. The van der Waals surface area contributed by atoms with Gasteiger partial charge in [0.15, 0.2) is 0 Å². The number of halogens is 2. The van der Waals surface area contributed by atoms with Gasteiger partial charge in [-0.05, 0) is 19.4 Å². The van der Waals surface area contributed by atoms with Crippen molar-refractivity contribution in [2.45, 2.75) is 45.6 Å². The molecular weight excluding hydrogens is 148 g/mol. The van der Waals surface area contributed by atoms with Gasteiger partial charge in [-0.3, -0.25) is 0 Å². The largest absolute Gasteiger partial charge is 0.307 e. The minimum atomic E-state index is -2.27. The molecule has 3 heteroatoms. The summed E-state index contributed by atoms with van der Waals surface area (Å²) in [5.74, 6) is 0. The highest BCUT2D eigenvalue weighted by Crippen LogP contribution is 2.23. The van der Waals surface area contributed by atoms with Crippen molar-refractivity contribution in [2.75, 3.05) is 6.54 Å². The SMILES string of the molecule is CCNC(CC)(CC)C(F)F. The molecule has 1 nitrogen and oxygen atoms in total. The van der Waals surface area contributed by atoms with Crippen molar-refractivity contribution >= 4 is 0 Å². The second kappa shape index (κ2) is 4.65. The minimum Gasteiger partial charge on any atom is -0.307 e. The maximum Gasteiger partial charge on any atom is 0.256 e. The third-order valence-electron chi connectivity index (χ3n) is 2.21. The lowest BCUT2D eigenvalue weighted by atomic mass is 9.93. The summed E-state index contributed by atoms with van der Waals surface area (Å²) in [6, 6.07) is 0. The van der Waals surface area contributed by atoms with Crippen LogP contribution in [-0.2, 0) is 0 Å². The smallest absolute Gasteiger partial charge is 0.256 e. The van der Waals surface area contributed by atoms with Gasteiger partial charge < -0.3 is 5.32 Å². The van der Waals surface area contributed by atoms with Crippen LogP contribution < -0.4 is 5.32 Å². The predicted molar refractivity (Wildman–Crippen MR) is 43.0 cm³/mol. The number of hydrogen-bond acceptors (Lipinski definition) is 1. The molecule has 0 amide bonds. The van der Waals surface area contributed by atoms with Crippen LogP contribution >= 0.6 is 0 Å². The second-order valence-corrected chi connectivity index (χ2v) is 2.69. The van der Waals surface area contributed by atoms with Crippen LogP contribution in [0.4, 0.5) is 8.78 Å². The number of hydrogen-bond donors (Lipinski definition) is 1. The fraction of sp³-hybridized carbons (Fsp3) is 1.00. The van der Waals surface area contributed by atoms with Gasteiger partial charge in [0.05, 0.1) is 5.54 Å². The molecule has 0 aliphatic rings. The van der Waals surface area contributed by atoms with Crippen LogP contribution in [0.15, 0.2) is 0 Å². The van der Waals surface area contributed by atoms with Crippen molar-refractivity contribution < 1.29 is 8.78 Å². The van der Waals surface area contributed by atoms with Crippen LogP contribution in [0.1, 0.15) is 33.6 Å². The van der Waals surface area contributed by atoms with Crippen molar-refractivity contribution in [1.82, 2.24) is 5.32 Å². The third-order valence-corrected chi connectivity index (χ3v) is 2.21. The lowest BCUT2D eigenvalue weighted by Gasteiger charge is -2.31. The van der Waals surface area contributed by atoms with E-state index in [2.05, 4.69) is 5.32 Å². The van der Waals surface area contributed by atoms with Crippen molar-refractivity contribution in [3.63, 3.8) is 0 Å². The molecule has 0 fully saturated rings. The third kappa shape index (κ3) is 2.40. The van der Waals surface area contributed by atoms with Crippen LogP contribution in [0.3, 0.4) is 0 Å². The standard InChI is InChI=1S/C8H17F2N/c1-4-8(5-2,7(9)10)11-6-3/h7,11H,4-6H2,1-3H3. The number of alkyl halides is 2. The zero-order chi connectivity index (χ0) is 8.91. The quantitative estimate of drug-likeness (QED) is 0.659. The van der Waals surface area contributed by atoms with E-state index in [1.807, 2.05) is 6.92 Å². The molecule has 0 atom stereocenters. The van der Waals surface area contributed by atoms with Gasteiger partial charge in [0, 0.05) is 0 Å². The van der Waals surface area contributed by atoms with Crippen LogP contribution in [-0.4, -0.2) is 18.5 Å². The first-order valence-electron chi connectivity index (χ1n) is 4.16. The maximum absolute atomic E-state index is 12.5. The first kappa shape index (κ1) is 10.8. The summed E-state index contributed by atoms with van der Waals surface area (Å²) in [5, 5.41) is 2.84. The molecule has 0 saturated heterocycles. The van der Waals surface area contributed by atoms with E-state index >= 15 is 0 Å². The van der Waals surface area contributed by atoms with Crippen molar-refractivity contribution in [3.8, 4) is 0 Å². The topological polar surface area (TPSA) is 12.0 Å². The summed E-state index contributed by atoms with van der Waals surface area (Å²) in [6.45, 7) is 6.03. The first-order valence-corrected chi connectivity index (χ1v) is 4.16. The fourth-order valence-corrected chi connectivity index (χ4v) is 1.24. The van der Waals surface area contributed by atoms with E-state index in [9.17, 15) is 8.78 Å². The van der Waals surface area contributed by atoms with E-state index in [0.717, 1.165) is 0 Å². The summed E-state index contributed by atoms with van der Waals surface area (Å²) in [6.07, 6.45) is -1.30. The number of rotatable bonds is 5. The minimum absolute atomic E-state index is 0.481. The van der Waals surface area contributed by atoms with Gasteiger partial charge in [-0.15, -0.1) is 0 Å². The Balaban J connectivity index is 4.20. The molecule has 0 aromatic rings. The molecule has 0 aliphatic heterocycles. The zero-order valence-corrected chi connectivity index (χ0v) is 7.45. The van der Waals surface area contributed by atoms with Crippen LogP contribution in [0.5, 0.6) is 0 Å². The molecule has 0 aromatic carbocycles. The Labute approximate surface area is 67.2 Å². The molecule has 0 rings (SSSR count). The summed E-state index contributed by atoms with van der Waals surface area (Å²) in [4.78, 5) is 0. The molecule has 0 heterocycles. The summed E-state index contributed by atoms with van der Waals surface area (Å²) >= 11 is 0. The lowest BCUT2D eigenvalue weighted by molar-refractivity contribution is 0.0254. The summed E-state index contributed by atoms with van der Waals surface area (Å²) < 4.78 is 25.0. The van der Waals surface area contributed by atoms with Gasteiger partial charge in [0.25, 0.3) is 6.43 Å². The molecule has 0 unspecified atom stereocenters. The molecule has 0 aromatic heterocycles. The van der Waals surface area contributed by atoms with Crippen LogP contribution in [0.25, 0.3) is 0 Å². The van der Waals surface area contributed by atoms with Gasteiger partial charge in [-0.1, -0.05) is 20.8 Å². The highest BCUT2D eigenvalue weighted by atomic mass is 19.3. The summed E-state index contributed by atoms with van der Waals surface area (Å²) in [5.41, 5.74) is -0.950. The Kier molecular flexibility index (Phi) is 4.57. The fourth-order valence-electron chi connectivity index (χ4n) is 1.24. The van der Waals surface area contributed by atoms with E-state index < -0.39 is 12.0 Å². The molecule has 0 saturated carbocycles. The maximum atomic E-state index is 12.5. The second-order valence-electron chi connectivity index (χ2n) is 2.69. The van der Waals surface area contributed by atoms with Crippen molar-refractivity contribution in [2.24, 2.45) is 0 Å². The van der Waals surface area contributed by atoms with Crippen LogP contribution in [0, 0.1) is 0 Å². The van der Waals surface area contributed by atoms with E-state index in [1.165, 1.54) is 0 Å². The van der Waals surface area contributed by atoms with Crippen LogP contribution in [0.2, 0.25) is 0 Å². The monoisotopic (exact) mass is 165 g/mol. The molecule has 0 bridgehead atoms. The zero-order valence-electron chi connectivity index (χ0n) is 7.45. The lowest BCUT2D eigenvalue weighted by Crippen LogP contribution is -2.50. The molecular formula is C8H17F2N. The number of nitrogens with one attached hydrogen (secondary N) is 1. The predicted octanol–water partition coefficient (Wildman–Crippen LogP) is 2.42. The van der Waals surface area contributed by atoms with E-state index in [-0.39, 0.29) is 0 Å².